The first kappa shape index (κ1) is 23.3. The zero-order chi connectivity index (χ0) is 23.5. The number of ether oxygens (including phenoxy) is 1. The number of nitrogens with one attached hydrogen (secondary N) is 2. The van der Waals surface area contributed by atoms with Crippen LogP contribution in [0.3, 0.4) is 0 Å². The number of carbonyl (C=O) groups is 2. The van der Waals surface area contributed by atoms with Gasteiger partial charge in [-0.3, -0.25) is 14.9 Å². The van der Waals surface area contributed by atoms with E-state index in [0.29, 0.717) is 30.9 Å². The molecule has 1 aliphatic heterocycles. The van der Waals surface area contributed by atoms with Gasteiger partial charge in [-0.05, 0) is 45.4 Å². The molecular formula is C22H25ClN4O5. The maximum atomic E-state index is 12.8. The fourth-order valence-electron chi connectivity index (χ4n) is 3.42. The molecule has 2 N–H and O–H groups in total. The Balaban J connectivity index is 1.79. The highest BCUT2D eigenvalue weighted by Gasteiger charge is 2.28. The SMILES string of the molecule is CC(C)(C)OC(=O)NC1CCN(c2ccc([N+](=O)[O-])cc2NC(=O)c2ccccc2Cl)C1. The van der Waals surface area contributed by atoms with Crippen molar-refractivity contribution in [2.45, 2.75) is 38.8 Å². The van der Waals surface area contributed by atoms with Crippen LogP contribution < -0.4 is 15.5 Å². The lowest BCUT2D eigenvalue weighted by Gasteiger charge is -2.24. The van der Waals surface area contributed by atoms with Crippen molar-refractivity contribution in [3.05, 3.63) is 63.2 Å². The third kappa shape index (κ3) is 5.88. The highest BCUT2D eigenvalue weighted by molar-refractivity contribution is 6.34. The highest BCUT2D eigenvalue weighted by Crippen LogP contribution is 2.33. The van der Waals surface area contributed by atoms with Crippen molar-refractivity contribution in [3.63, 3.8) is 0 Å². The number of alkyl carbamates (subject to hydrolysis) is 1. The number of anilines is 2. The van der Waals surface area contributed by atoms with Crippen LogP contribution in [0.15, 0.2) is 42.5 Å². The highest BCUT2D eigenvalue weighted by atomic mass is 35.5. The number of non-ortho nitro benzene ring substituents is 1. The first-order chi connectivity index (χ1) is 15.0. The first-order valence-corrected chi connectivity index (χ1v) is 10.5. The summed E-state index contributed by atoms with van der Waals surface area (Å²) < 4.78 is 5.31. The van der Waals surface area contributed by atoms with Crippen LogP contribution in [0.2, 0.25) is 5.02 Å². The van der Waals surface area contributed by atoms with Crippen molar-refractivity contribution in [3.8, 4) is 0 Å². The van der Waals surface area contributed by atoms with Crippen LogP contribution in [0.4, 0.5) is 21.9 Å². The number of benzene rings is 2. The molecule has 1 heterocycles. The summed E-state index contributed by atoms with van der Waals surface area (Å²) in [4.78, 5) is 37.6. The summed E-state index contributed by atoms with van der Waals surface area (Å²) in [5, 5.41) is 17.1. The average Bonchev–Trinajstić information content (AvgIpc) is 3.14. The molecule has 9 nitrogen and oxygen atoms in total. The number of hydrogen-bond acceptors (Lipinski definition) is 6. The second-order valence-corrected chi connectivity index (χ2v) is 8.88. The topological polar surface area (TPSA) is 114 Å². The number of nitrogens with zero attached hydrogens (tertiary/aromatic N) is 2. The predicted molar refractivity (Wildman–Crippen MR) is 122 cm³/mol. The van der Waals surface area contributed by atoms with Crippen LogP contribution in [0.5, 0.6) is 0 Å². The number of rotatable bonds is 5. The van der Waals surface area contributed by atoms with Crippen LogP contribution >= 0.6 is 11.6 Å². The minimum absolute atomic E-state index is 0.147. The number of amides is 2. The van der Waals surface area contributed by atoms with Crippen molar-refractivity contribution in [2.75, 3.05) is 23.3 Å². The average molecular weight is 461 g/mol. The summed E-state index contributed by atoms with van der Waals surface area (Å²) in [6.45, 7) is 6.42. The first-order valence-electron chi connectivity index (χ1n) is 10.1. The lowest BCUT2D eigenvalue weighted by molar-refractivity contribution is -0.384. The summed E-state index contributed by atoms with van der Waals surface area (Å²) >= 11 is 6.12. The molecular weight excluding hydrogens is 436 g/mol. The molecule has 1 atom stereocenters. The molecule has 0 aliphatic carbocycles. The third-order valence-electron chi connectivity index (χ3n) is 4.81. The summed E-state index contributed by atoms with van der Waals surface area (Å²) in [6, 6.07) is 10.7. The third-order valence-corrected chi connectivity index (χ3v) is 5.14. The second kappa shape index (κ2) is 9.44. The molecule has 0 radical (unpaired) electrons. The Morgan fingerprint density at radius 1 is 1.22 bits per heavy atom. The normalized spacial score (nSPS) is 15.9. The quantitative estimate of drug-likeness (QED) is 0.497. The van der Waals surface area contributed by atoms with Crippen molar-refractivity contribution >= 4 is 40.7 Å². The van der Waals surface area contributed by atoms with E-state index in [-0.39, 0.29) is 22.3 Å². The van der Waals surface area contributed by atoms with E-state index in [2.05, 4.69) is 10.6 Å². The van der Waals surface area contributed by atoms with Gasteiger partial charge in [0.05, 0.1) is 32.9 Å². The Labute approximate surface area is 190 Å². The molecule has 1 aliphatic rings. The van der Waals surface area contributed by atoms with Gasteiger partial charge in [0.2, 0.25) is 0 Å². The van der Waals surface area contributed by atoms with Crippen LogP contribution in [-0.4, -0.2) is 41.7 Å². The summed E-state index contributed by atoms with van der Waals surface area (Å²) in [6.07, 6.45) is 0.161. The molecule has 0 bridgehead atoms. The molecule has 1 fully saturated rings. The van der Waals surface area contributed by atoms with Gasteiger partial charge in [0.1, 0.15) is 5.60 Å². The van der Waals surface area contributed by atoms with Gasteiger partial charge in [0.15, 0.2) is 0 Å². The van der Waals surface area contributed by atoms with E-state index in [0.717, 1.165) is 0 Å². The van der Waals surface area contributed by atoms with Crippen molar-refractivity contribution < 1.29 is 19.2 Å². The molecule has 10 heteroatoms. The molecule has 2 amide bonds. The summed E-state index contributed by atoms with van der Waals surface area (Å²) in [5.74, 6) is -0.472. The molecule has 3 rings (SSSR count). The largest absolute Gasteiger partial charge is 0.444 e. The van der Waals surface area contributed by atoms with Crippen LogP contribution in [0.1, 0.15) is 37.6 Å². The van der Waals surface area contributed by atoms with Crippen LogP contribution in [0, 0.1) is 10.1 Å². The van der Waals surface area contributed by atoms with Gasteiger partial charge in [-0.25, -0.2) is 4.79 Å². The number of carbonyl (C=O) groups excluding carboxylic acids is 2. The van der Waals surface area contributed by atoms with Crippen molar-refractivity contribution in [1.29, 1.82) is 0 Å². The van der Waals surface area contributed by atoms with Crippen LogP contribution in [-0.2, 0) is 4.74 Å². The molecule has 0 spiro atoms. The Morgan fingerprint density at radius 2 is 1.94 bits per heavy atom. The summed E-state index contributed by atoms with van der Waals surface area (Å²) in [7, 11) is 0. The Bertz CT molecular complexity index is 1040. The second-order valence-electron chi connectivity index (χ2n) is 8.47. The Morgan fingerprint density at radius 3 is 2.59 bits per heavy atom. The molecule has 2 aromatic rings. The molecule has 32 heavy (non-hydrogen) atoms. The van der Waals surface area contributed by atoms with E-state index in [1.165, 1.54) is 12.1 Å². The Kier molecular flexibility index (Phi) is 6.88. The Hall–Kier alpha value is -3.33. The number of hydrogen-bond donors (Lipinski definition) is 2. The van der Waals surface area contributed by atoms with E-state index in [9.17, 15) is 19.7 Å². The fourth-order valence-corrected chi connectivity index (χ4v) is 3.64. The minimum atomic E-state index is -0.600. The molecule has 2 aromatic carbocycles. The van der Waals surface area contributed by atoms with Crippen molar-refractivity contribution in [1.82, 2.24) is 5.32 Å². The van der Waals surface area contributed by atoms with E-state index < -0.39 is 22.5 Å². The maximum Gasteiger partial charge on any atom is 0.407 e. The van der Waals surface area contributed by atoms with Gasteiger partial charge in [0.25, 0.3) is 11.6 Å². The molecule has 1 unspecified atom stereocenters. The monoisotopic (exact) mass is 460 g/mol. The minimum Gasteiger partial charge on any atom is -0.444 e. The number of nitro benzene ring substituents is 1. The van der Waals surface area contributed by atoms with E-state index in [4.69, 9.17) is 16.3 Å². The molecule has 170 valence electrons. The van der Waals surface area contributed by atoms with Gasteiger partial charge >= 0.3 is 6.09 Å². The van der Waals surface area contributed by atoms with Crippen LogP contribution in [0.25, 0.3) is 0 Å². The zero-order valence-electron chi connectivity index (χ0n) is 18.1. The predicted octanol–water partition coefficient (Wildman–Crippen LogP) is 4.60. The molecule has 0 saturated carbocycles. The number of nitro groups is 1. The smallest absolute Gasteiger partial charge is 0.407 e. The lowest BCUT2D eigenvalue weighted by atomic mass is 10.1. The molecule has 1 saturated heterocycles. The number of halogens is 1. The van der Waals surface area contributed by atoms with E-state index in [1.807, 2.05) is 4.90 Å². The summed E-state index contributed by atoms with van der Waals surface area (Å²) in [5.41, 5.74) is 0.423. The van der Waals surface area contributed by atoms with Gasteiger partial charge in [-0.1, -0.05) is 23.7 Å². The zero-order valence-corrected chi connectivity index (χ0v) is 18.8. The standard InChI is InChI=1S/C22H25ClN4O5/c1-22(2,3)32-21(29)24-14-10-11-26(13-14)19-9-8-15(27(30)31)12-18(19)25-20(28)16-6-4-5-7-17(16)23/h4-9,12,14H,10-11,13H2,1-3H3,(H,24,29)(H,25,28). The van der Waals surface area contributed by atoms with Gasteiger partial charge in [-0.2, -0.15) is 0 Å². The van der Waals surface area contributed by atoms with Gasteiger partial charge in [0, 0.05) is 25.2 Å². The van der Waals surface area contributed by atoms with E-state index in [1.54, 1.807) is 51.1 Å². The maximum absolute atomic E-state index is 12.8. The molecule has 0 aromatic heterocycles. The van der Waals surface area contributed by atoms with E-state index >= 15 is 0 Å². The van der Waals surface area contributed by atoms with Crippen molar-refractivity contribution in [2.24, 2.45) is 0 Å². The fraction of sp³-hybridized carbons (Fsp3) is 0.364. The van der Waals surface area contributed by atoms with Gasteiger partial charge < -0.3 is 20.3 Å². The van der Waals surface area contributed by atoms with Gasteiger partial charge in [-0.15, -0.1) is 0 Å². The lowest BCUT2D eigenvalue weighted by Crippen LogP contribution is -2.40.